The van der Waals surface area contributed by atoms with Crippen molar-refractivity contribution in [2.24, 2.45) is 4.99 Å². The molecule has 1 aliphatic heterocycles. The molecule has 3 rings (SSSR count). The van der Waals surface area contributed by atoms with E-state index < -0.39 is 5.97 Å². The minimum absolute atomic E-state index is 0.176. The number of benzene rings is 1. The summed E-state index contributed by atoms with van der Waals surface area (Å²) < 4.78 is 0. The first-order valence-electron chi connectivity index (χ1n) is 7.26. The molecule has 0 saturated carbocycles. The van der Waals surface area contributed by atoms with Crippen LogP contribution in [0.15, 0.2) is 47.6 Å². The zero-order valence-corrected chi connectivity index (χ0v) is 12.4. The maximum absolute atomic E-state index is 11.4. The Bertz CT molecular complexity index is 726. The predicted octanol–water partition coefficient (Wildman–Crippen LogP) is 3.42. The van der Waals surface area contributed by atoms with Crippen molar-refractivity contribution in [2.45, 2.75) is 19.8 Å². The van der Waals surface area contributed by atoms with Gasteiger partial charge in [-0.1, -0.05) is 18.2 Å². The van der Waals surface area contributed by atoms with Crippen LogP contribution in [0.3, 0.4) is 0 Å². The van der Waals surface area contributed by atoms with Gasteiger partial charge in [0, 0.05) is 24.8 Å². The van der Waals surface area contributed by atoms with Crippen LogP contribution in [0, 0.1) is 6.92 Å². The van der Waals surface area contributed by atoms with E-state index in [2.05, 4.69) is 14.9 Å². The van der Waals surface area contributed by atoms with Gasteiger partial charge >= 0.3 is 5.97 Å². The van der Waals surface area contributed by atoms with Crippen molar-refractivity contribution in [3.05, 3.63) is 53.7 Å². The molecular weight excluding hydrogens is 278 g/mol. The molecule has 22 heavy (non-hydrogen) atoms. The number of nitrogens with zero attached hydrogens (tertiary/aromatic N) is 3. The summed E-state index contributed by atoms with van der Waals surface area (Å²) in [5.41, 5.74) is 1.92. The van der Waals surface area contributed by atoms with Crippen LogP contribution in [-0.2, 0) is 0 Å². The Labute approximate surface area is 129 Å². The van der Waals surface area contributed by atoms with E-state index in [0.29, 0.717) is 5.56 Å². The highest BCUT2D eigenvalue weighted by molar-refractivity contribution is 6.02. The highest BCUT2D eigenvalue weighted by atomic mass is 16.4. The number of carbonyl (C=O) groups is 1. The lowest BCUT2D eigenvalue weighted by atomic mass is 10.1. The smallest absolute Gasteiger partial charge is 0.339 e. The Morgan fingerprint density at radius 2 is 2.05 bits per heavy atom. The first-order chi connectivity index (χ1) is 10.7. The van der Waals surface area contributed by atoms with Crippen molar-refractivity contribution in [3.8, 4) is 0 Å². The quantitative estimate of drug-likeness (QED) is 0.942. The van der Waals surface area contributed by atoms with Gasteiger partial charge in [0.25, 0.3) is 0 Å². The Balaban J connectivity index is 2.02. The number of amidine groups is 1. The second kappa shape index (κ2) is 5.97. The van der Waals surface area contributed by atoms with E-state index in [-0.39, 0.29) is 11.4 Å². The van der Waals surface area contributed by atoms with Gasteiger partial charge in [-0.05, 0) is 37.1 Å². The summed E-state index contributed by atoms with van der Waals surface area (Å²) in [6.07, 6.45) is 3.43. The van der Waals surface area contributed by atoms with Crippen LogP contribution < -0.4 is 4.90 Å². The van der Waals surface area contributed by atoms with E-state index in [1.165, 1.54) is 0 Å². The van der Waals surface area contributed by atoms with Gasteiger partial charge in [-0.15, -0.1) is 0 Å². The van der Waals surface area contributed by atoms with Gasteiger partial charge in [-0.25, -0.2) is 14.8 Å². The van der Waals surface area contributed by atoms with Crippen molar-refractivity contribution in [1.29, 1.82) is 0 Å². The van der Waals surface area contributed by atoms with E-state index in [1.54, 1.807) is 19.2 Å². The van der Waals surface area contributed by atoms with Crippen LogP contribution in [0.4, 0.5) is 11.5 Å². The lowest BCUT2D eigenvalue weighted by Gasteiger charge is -2.19. The number of anilines is 1. The number of hydrogen-bond acceptors (Lipinski definition) is 3. The second-order valence-corrected chi connectivity index (χ2v) is 5.25. The number of aromatic carboxylic acids is 1. The summed E-state index contributed by atoms with van der Waals surface area (Å²) >= 11 is 0. The molecule has 0 spiro atoms. The largest absolute Gasteiger partial charge is 0.478 e. The van der Waals surface area contributed by atoms with Gasteiger partial charge < -0.3 is 10.0 Å². The maximum atomic E-state index is 11.4. The number of rotatable bonds is 3. The molecule has 0 atom stereocenters. The fraction of sp³-hybridized carbons (Fsp3) is 0.235. The molecule has 0 bridgehead atoms. The lowest BCUT2D eigenvalue weighted by molar-refractivity contribution is 0.0696. The fourth-order valence-electron chi connectivity index (χ4n) is 2.68. The Morgan fingerprint density at radius 1 is 1.27 bits per heavy atom. The Morgan fingerprint density at radius 3 is 2.77 bits per heavy atom. The first-order valence-corrected chi connectivity index (χ1v) is 7.26. The molecule has 0 radical (unpaired) electrons. The summed E-state index contributed by atoms with van der Waals surface area (Å²) in [7, 11) is 0. The van der Waals surface area contributed by atoms with E-state index in [1.807, 2.05) is 30.3 Å². The maximum Gasteiger partial charge on any atom is 0.339 e. The van der Waals surface area contributed by atoms with Gasteiger partial charge in [-0.3, -0.25) is 0 Å². The van der Waals surface area contributed by atoms with E-state index >= 15 is 0 Å². The molecule has 1 N–H and O–H groups in total. The van der Waals surface area contributed by atoms with Crippen molar-refractivity contribution >= 4 is 23.3 Å². The molecule has 1 fully saturated rings. The third-order valence-electron chi connectivity index (χ3n) is 3.75. The van der Waals surface area contributed by atoms with Gasteiger partial charge in [0.2, 0.25) is 0 Å². The number of carboxylic acid groups (broad SMARTS) is 1. The minimum atomic E-state index is -0.991. The zero-order valence-electron chi connectivity index (χ0n) is 12.4. The summed E-state index contributed by atoms with van der Waals surface area (Å²) in [4.78, 5) is 22.3. The molecule has 0 aliphatic carbocycles. The van der Waals surface area contributed by atoms with Gasteiger partial charge in [-0.2, -0.15) is 0 Å². The van der Waals surface area contributed by atoms with Gasteiger partial charge in [0.1, 0.15) is 11.4 Å². The SMILES string of the molecule is Cc1ccnc(N=C2CCCN2c2ccccc2)c1C(=O)O. The number of aromatic nitrogens is 1. The molecule has 0 unspecified atom stereocenters. The molecule has 5 nitrogen and oxygen atoms in total. The van der Waals surface area contributed by atoms with Crippen molar-refractivity contribution in [3.63, 3.8) is 0 Å². The fourth-order valence-corrected chi connectivity index (χ4v) is 2.68. The number of hydrogen-bond donors (Lipinski definition) is 1. The van der Waals surface area contributed by atoms with Crippen LogP contribution in [0.1, 0.15) is 28.8 Å². The monoisotopic (exact) mass is 295 g/mol. The molecule has 1 aromatic carbocycles. The summed E-state index contributed by atoms with van der Waals surface area (Å²) in [6, 6.07) is 11.7. The number of pyridine rings is 1. The van der Waals surface area contributed by atoms with Crippen molar-refractivity contribution < 1.29 is 9.90 Å². The van der Waals surface area contributed by atoms with E-state index in [9.17, 15) is 9.90 Å². The Kier molecular flexibility index (Phi) is 3.87. The summed E-state index contributed by atoms with van der Waals surface area (Å²) in [5, 5.41) is 9.38. The normalized spacial score (nSPS) is 16.2. The second-order valence-electron chi connectivity index (χ2n) is 5.25. The van der Waals surface area contributed by atoms with Crippen LogP contribution in [0.5, 0.6) is 0 Å². The van der Waals surface area contributed by atoms with Crippen LogP contribution in [0.25, 0.3) is 0 Å². The number of carboxylic acids is 1. The van der Waals surface area contributed by atoms with Crippen LogP contribution >= 0.6 is 0 Å². The van der Waals surface area contributed by atoms with Gasteiger partial charge in [0.05, 0.1) is 0 Å². The molecule has 0 amide bonds. The zero-order chi connectivity index (χ0) is 15.5. The van der Waals surface area contributed by atoms with Crippen molar-refractivity contribution in [1.82, 2.24) is 4.98 Å². The van der Waals surface area contributed by atoms with Crippen molar-refractivity contribution in [2.75, 3.05) is 11.4 Å². The minimum Gasteiger partial charge on any atom is -0.478 e. The summed E-state index contributed by atoms with van der Waals surface area (Å²) in [5.74, 6) is 0.159. The molecule has 2 heterocycles. The summed E-state index contributed by atoms with van der Waals surface area (Å²) in [6.45, 7) is 2.65. The molecular formula is C17H17N3O2. The number of aliphatic imine (C=N–C) groups is 1. The average Bonchev–Trinajstić information content (AvgIpc) is 2.96. The average molecular weight is 295 g/mol. The number of para-hydroxylation sites is 1. The highest BCUT2D eigenvalue weighted by Crippen LogP contribution is 2.26. The topological polar surface area (TPSA) is 65.8 Å². The first kappa shape index (κ1) is 14.3. The van der Waals surface area contributed by atoms with Crippen LogP contribution in [-0.4, -0.2) is 28.4 Å². The molecule has 1 aliphatic rings. The molecule has 1 aromatic heterocycles. The predicted molar refractivity (Wildman–Crippen MR) is 86.1 cm³/mol. The Hall–Kier alpha value is -2.69. The van der Waals surface area contributed by atoms with Gasteiger partial charge in [0.15, 0.2) is 5.82 Å². The van der Waals surface area contributed by atoms with Crippen LogP contribution in [0.2, 0.25) is 0 Å². The van der Waals surface area contributed by atoms with E-state index in [0.717, 1.165) is 30.9 Å². The molecule has 2 aromatic rings. The number of aryl methyl sites for hydroxylation is 1. The third-order valence-corrected chi connectivity index (χ3v) is 3.75. The molecule has 112 valence electrons. The van der Waals surface area contributed by atoms with E-state index in [4.69, 9.17) is 0 Å². The standard InChI is InChI=1S/C17H17N3O2/c1-12-9-10-18-16(15(12)17(21)22)19-14-8-5-11-20(14)13-6-3-2-4-7-13/h2-4,6-7,9-10H,5,8,11H2,1H3,(H,21,22). The molecule has 5 heteroatoms. The highest BCUT2D eigenvalue weighted by Gasteiger charge is 2.22. The lowest BCUT2D eigenvalue weighted by Crippen LogP contribution is -2.24. The third kappa shape index (κ3) is 2.70. The molecule has 1 saturated heterocycles.